The van der Waals surface area contributed by atoms with Crippen LogP contribution < -0.4 is 10.2 Å². The van der Waals surface area contributed by atoms with Crippen LogP contribution >= 0.6 is 0 Å². The van der Waals surface area contributed by atoms with E-state index in [9.17, 15) is 4.79 Å². The Bertz CT molecular complexity index is 578. The fourth-order valence-corrected chi connectivity index (χ4v) is 4.54. The van der Waals surface area contributed by atoms with Crippen molar-refractivity contribution >= 4 is 11.6 Å². The zero-order chi connectivity index (χ0) is 22.7. The Hall–Kier alpha value is -1.55. The van der Waals surface area contributed by atoms with E-state index in [4.69, 9.17) is 4.74 Å². The minimum atomic E-state index is -0.210. The third-order valence-electron chi connectivity index (χ3n) is 6.60. The molecule has 32 heavy (non-hydrogen) atoms. The fraction of sp³-hybridized carbons (Fsp3) is 0.750. The quantitative estimate of drug-likeness (QED) is 0.229. The van der Waals surface area contributed by atoms with Gasteiger partial charge in [-0.3, -0.25) is 4.79 Å². The molecule has 0 radical (unpaired) electrons. The molecule has 182 valence electrons. The first-order chi connectivity index (χ1) is 15.8. The van der Waals surface area contributed by atoms with Gasteiger partial charge in [-0.15, -0.1) is 0 Å². The highest BCUT2D eigenvalue weighted by atomic mass is 16.5. The number of para-hydroxylation sites is 1. The van der Waals surface area contributed by atoms with Gasteiger partial charge in [-0.25, -0.2) is 0 Å². The van der Waals surface area contributed by atoms with E-state index in [1.807, 2.05) is 35.2 Å². The van der Waals surface area contributed by atoms with E-state index in [-0.39, 0.29) is 11.9 Å². The Balaban J connectivity index is 1.36. The molecule has 0 bridgehead atoms. The van der Waals surface area contributed by atoms with Crippen LogP contribution in [-0.2, 0) is 9.53 Å². The number of hydrogen-bond acceptors (Lipinski definition) is 3. The second kappa shape index (κ2) is 17.9. The predicted octanol–water partition coefficient (Wildman–Crippen LogP) is 7.23. The minimum Gasteiger partial charge on any atom is -0.358 e. The minimum absolute atomic E-state index is 0.0901. The smallest absolute Gasteiger partial charge is 0.245 e. The van der Waals surface area contributed by atoms with Gasteiger partial charge in [0.25, 0.3) is 0 Å². The number of nitrogens with zero attached hydrogens (tertiary/aromatic N) is 1. The van der Waals surface area contributed by atoms with Crippen LogP contribution in [0.1, 0.15) is 110 Å². The van der Waals surface area contributed by atoms with Gasteiger partial charge in [0.05, 0.1) is 6.61 Å². The molecule has 1 aromatic carbocycles. The standard InChI is InChI=1S/C28H48N2O2/c1-2-3-4-5-6-7-8-9-10-11-12-13-14-15-16-20-23-29-28(31)27-24-32-25-30(27)26-21-18-17-19-22-26/h17-19,21-22,27H,2-16,20,23-25H2,1H3,(H,29,31). The van der Waals surface area contributed by atoms with Gasteiger partial charge in [-0.1, -0.05) is 121 Å². The maximum atomic E-state index is 12.6. The molecule has 0 aromatic heterocycles. The number of hydrogen-bond donors (Lipinski definition) is 1. The van der Waals surface area contributed by atoms with Gasteiger partial charge in [0, 0.05) is 12.2 Å². The first-order valence-electron chi connectivity index (χ1n) is 13.5. The lowest BCUT2D eigenvalue weighted by Crippen LogP contribution is -2.45. The number of benzene rings is 1. The second-order valence-electron chi connectivity index (χ2n) is 9.42. The molecule has 1 atom stereocenters. The Kier molecular flexibility index (Phi) is 15.0. The Labute approximate surface area is 197 Å². The summed E-state index contributed by atoms with van der Waals surface area (Å²) in [5.74, 6) is 0.0901. The van der Waals surface area contributed by atoms with Crippen molar-refractivity contribution in [1.29, 1.82) is 0 Å². The van der Waals surface area contributed by atoms with Crippen LogP contribution in [0.15, 0.2) is 30.3 Å². The fourth-order valence-electron chi connectivity index (χ4n) is 4.54. The molecule has 1 aliphatic rings. The molecule has 1 saturated heterocycles. The van der Waals surface area contributed by atoms with E-state index in [1.54, 1.807) is 0 Å². The summed E-state index contributed by atoms with van der Waals surface area (Å²) in [6.45, 7) is 4.02. The number of ether oxygens (including phenoxy) is 1. The zero-order valence-corrected chi connectivity index (χ0v) is 20.7. The number of rotatable bonds is 19. The molecule has 1 fully saturated rings. The molecule has 1 aromatic rings. The highest BCUT2D eigenvalue weighted by molar-refractivity contribution is 5.85. The number of carbonyl (C=O) groups excluding carboxylic acids is 1. The van der Waals surface area contributed by atoms with Crippen molar-refractivity contribution in [2.75, 3.05) is 24.8 Å². The molecule has 0 saturated carbocycles. The molecule has 2 rings (SSSR count). The highest BCUT2D eigenvalue weighted by Gasteiger charge is 2.31. The third kappa shape index (κ3) is 11.4. The van der Waals surface area contributed by atoms with E-state index in [2.05, 4.69) is 12.2 Å². The van der Waals surface area contributed by atoms with E-state index in [0.29, 0.717) is 13.3 Å². The van der Waals surface area contributed by atoms with Crippen LogP contribution in [-0.4, -0.2) is 31.8 Å². The Morgan fingerprint density at radius 2 is 1.31 bits per heavy atom. The molecule has 1 aliphatic heterocycles. The molecule has 1 amide bonds. The average Bonchev–Trinajstić information content (AvgIpc) is 3.32. The Morgan fingerprint density at radius 1 is 0.812 bits per heavy atom. The highest BCUT2D eigenvalue weighted by Crippen LogP contribution is 2.21. The van der Waals surface area contributed by atoms with E-state index in [1.165, 1.54) is 96.3 Å². The normalized spacial score (nSPS) is 15.9. The number of amides is 1. The first-order valence-corrected chi connectivity index (χ1v) is 13.5. The first kappa shape index (κ1) is 26.7. The van der Waals surface area contributed by atoms with Gasteiger partial charge in [-0.05, 0) is 18.6 Å². The Morgan fingerprint density at radius 3 is 1.84 bits per heavy atom. The van der Waals surface area contributed by atoms with Crippen molar-refractivity contribution in [3.05, 3.63) is 30.3 Å². The van der Waals surface area contributed by atoms with Crippen LogP contribution in [0.5, 0.6) is 0 Å². The zero-order valence-electron chi connectivity index (χ0n) is 20.7. The summed E-state index contributed by atoms with van der Waals surface area (Å²) < 4.78 is 5.55. The second-order valence-corrected chi connectivity index (χ2v) is 9.42. The molecule has 4 nitrogen and oxygen atoms in total. The molecule has 4 heteroatoms. The van der Waals surface area contributed by atoms with Crippen molar-refractivity contribution in [1.82, 2.24) is 5.32 Å². The molecular formula is C28H48N2O2. The molecule has 0 aliphatic carbocycles. The molecule has 1 N–H and O–H groups in total. The number of nitrogens with one attached hydrogen (secondary N) is 1. The molecular weight excluding hydrogens is 396 g/mol. The van der Waals surface area contributed by atoms with Gasteiger partial charge < -0.3 is 15.0 Å². The van der Waals surface area contributed by atoms with E-state index >= 15 is 0 Å². The van der Waals surface area contributed by atoms with Gasteiger partial charge in [0.2, 0.25) is 5.91 Å². The van der Waals surface area contributed by atoms with Crippen molar-refractivity contribution in [3.63, 3.8) is 0 Å². The SMILES string of the molecule is CCCCCCCCCCCCCCCCCCNC(=O)C1COCN1c1ccccc1. The molecule has 1 heterocycles. The van der Waals surface area contributed by atoms with Gasteiger partial charge in [0.1, 0.15) is 12.8 Å². The monoisotopic (exact) mass is 444 g/mol. The van der Waals surface area contributed by atoms with Crippen molar-refractivity contribution in [3.8, 4) is 0 Å². The molecule has 0 spiro atoms. The number of carbonyl (C=O) groups is 1. The number of unbranched alkanes of at least 4 members (excludes halogenated alkanes) is 15. The average molecular weight is 445 g/mol. The van der Waals surface area contributed by atoms with Gasteiger partial charge in [-0.2, -0.15) is 0 Å². The lowest BCUT2D eigenvalue weighted by molar-refractivity contribution is -0.122. The van der Waals surface area contributed by atoms with Crippen LogP contribution in [0.25, 0.3) is 0 Å². The molecule has 1 unspecified atom stereocenters. The van der Waals surface area contributed by atoms with Crippen LogP contribution in [0.2, 0.25) is 0 Å². The van der Waals surface area contributed by atoms with Crippen molar-refractivity contribution in [2.24, 2.45) is 0 Å². The summed E-state index contributed by atoms with van der Waals surface area (Å²) in [6.07, 6.45) is 21.9. The summed E-state index contributed by atoms with van der Waals surface area (Å²) in [7, 11) is 0. The van der Waals surface area contributed by atoms with E-state index in [0.717, 1.165) is 18.7 Å². The number of anilines is 1. The summed E-state index contributed by atoms with van der Waals surface area (Å²) in [5.41, 5.74) is 1.05. The van der Waals surface area contributed by atoms with Gasteiger partial charge >= 0.3 is 0 Å². The third-order valence-corrected chi connectivity index (χ3v) is 6.60. The van der Waals surface area contributed by atoms with E-state index < -0.39 is 0 Å². The van der Waals surface area contributed by atoms with Crippen molar-refractivity contribution < 1.29 is 9.53 Å². The summed E-state index contributed by atoms with van der Waals surface area (Å²) in [6, 6.07) is 9.85. The maximum absolute atomic E-state index is 12.6. The maximum Gasteiger partial charge on any atom is 0.245 e. The van der Waals surface area contributed by atoms with Gasteiger partial charge in [0.15, 0.2) is 0 Å². The van der Waals surface area contributed by atoms with Crippen LogP contribution in [0.3, 0.4) is 0 Å². The summed E-state index contributed by atoms with van der Waals surface area (Å²) in [5, 5.41) is 3.11. The van der Waals surface area contributed by atoms with Crippen LogP contribution in [0, 0.1) is 0 Å². The lowest BCUT2D eigenvalue weighted by Gasteiger charge is -2.23. The largest absolute Gasteiger partial charge is 0.358 e. The summed E-state index contributed by atoms with van der Waals surface area (Å²) in [4.78, 5) is 14.6. The topological polar surface area (TPSA) is 41.6 Å². The summed E-state index contributed by atoms with van der Waals surface area (Å²) >= 11 is 0. The lowest BCUT2D eigenvalue weighted by atomic mass is 10.0. The van der Waals surface area contributed by atoms with Crippen LogP contribution in [0.4, 0.5) is 5.69 Å². The van der Waals surface area contributed by atoms with Crippen molar-refractivity contribution in [2.45, 2.75) is 116 Å². The predicted molar refractivity (Wildman–Crippen MR) is 136 cm³/mol.